The van der Waals surface area contributed by atoms with Crippen LogP contribution >= 0.6 is 0 Å². The number of aromatic nitrogens is 1. The number of hydrogen-bond acceptors (Lipinski definition) is 1. The zero-order chi connectivity index (χ0) is 20.9. The lowest BCUT2D eigenvalue weighted by molar-refractivity contribution is -0.886. The Morgan fingerprint density at radius 3 is 2.77 bits per heavy atom. The Morgan fingerprint density at radius 1 is 1.20 bits per heavy atom. The second-order valence-electron chi connectivity index (χ2n) is 8.31. The number of quaternary nitrogens is 1. The maximum atomic E-state index is 14.0. The zero-order valence-corrected chi connectivity index (χ0v) is 17.6. The second-order valence-corrected chi connectivity index (χ2v) is 8.31. The molecule has 0 spiro atoms. The average Bonchev–Trinajstić information content (AvgIpc) is 3.42. The highest BCUT2D eigenvalue weighted by Gasteiger charge is 2.23. The molecule has 1 atom stereocenters. The van der Waals surface area contributed by atoms with Gasteiger partial charge in [-0.05, 0) is 35.2 Å². The van der Waals surface area contributed by atoms with Gasteiger partial charge in [0.1, 0.15) is 5.82 Å². The monoisotopic (exact) mass is 408 g/mol. The number of fused-ring (bicyclic) bond motifs is 1. The maximum Gasteiger partial charge on any atom is 0.221 e. The standard InChI is InChI=1S/C25H30FN3O/c1-2-18-7-6-10-21-23(17-28-25(18)21)22(19-8-5-9-20(26)15-19)16-24(30)27-11-14-29-12-3-4-13-29/h5-10,15,17,22,28H,2-4,11-14,16H2,1H3,(H,27,30)/p+1/t22-/m1/s1. The van der Waals surface area contributed by atoms with Crippen LogP contribution in [-0.2, 0) is 11.2 Å². The van der Waals surface area contributed by atoms with E-state index in [2.05, 4.69) is 35.4 Å². The highest BCUT2D eigenvalue weighted by Crippen LogP contribution is 2.34. The SMILES string of the molecule is CCc1cccc2c([C@H](CC(=O)NCC[NH+]3CCCC3)c3cccc(F)c3)c[nH]c12. The van der Waals surface area contributed by atoms with Gasteiger partial charge in [0, 0.05) is 42.3 Å². The fourth-order valence-corrected chi connectivity index (χ4v) is 4.71. The number of para-hydroxylation sites is 1. The van der Waals surface area contributed by atoms with Crippen molar-refractivity contribution in [2.24, 2.45) is 0 Å². The van der Waals surface area contributed by atoms with Crippen LogP contribution < -0.4 is 10.2 Å². The largest absolute Gasteiger partial charge is 0.361 e. The molecule has 5 heteroatoms. The van der Waals surface area contributed by atoms with Crippen LogP contribution in [0.1, 0.15) is 48.8 Å². The molecule has 0 saturated carbocycles. The number of hydrogen-bond donors (Lipinski definition) is 3. The van der Waals surface area contributed by atoms with Gasteiger partial charge < -0.3 is 15.2 Å². The van der Waals surface area contributed by atoms with Gasteiger partial charge in [-0.25, -0.2) is 4.39 Å². The summed E-state index contributed by atoms with van der Waals surface area (Å²) < 4.78 is 14.0. The summed E-state index contributed by atoms with van der Waals surface area (Å²) in [5.74, 6) is -0.450. The third kappa shape index (κ3) is 4.57. The molecule has 3 N–H and O–H groups in total. The number of aromatic amines is 1. The van der Waals surface area contributed by atoms with Gasteiger partial charge in [0.25, 0.3) is 0 Å². The number of nitrogens with one attached hydrogen (secondary N) is 3. The lowest BCUT2D eigenvalue weighted by atomic mass is 9.87. The fourth-order valence-electron chi connectivity index (χ4n) is 4.71. The smallest absolute Gasteiger partial charge is 0.221 e. The topological polar surface area (TPSA) is 49.3 Å². The van der Waals surface area contributed by atoms with Crippen molar-refractivity contribution in [3.63, 3.8) is 0 Å². The minimum absolute atomic E-state index is 0.0175. The average molecular weight is 409 g/mol. The molecule has 4 rings (SSSR count). The molecule has 1 amide bonds. The van der Waals surface area contributed by atoms with Gasteiger partial charge >= 0.3 is 0 Å². The first-order chi connectivity index (χ1) is 14.7. The van der Waals surface area contributed by atoms with E-state index in [-0.39, 0.29) is 17.6 Å². The van der Waals surface area contributed by atoms with Gasteiger partial charge in [-0.2, -0.15) is 0 Å². The Morgan fingerprint density at radius 2 is 2.00 bits per heavy atom. The van der Waals surface area contributed by atoms with Gasteiger partial charge in [0.05, 0.1) is 26.2 Å². The van der Waals surface area contributed by atoms with Gasteiger partial charge in [-0.1, -0.05) is 37.3 Å². The maximum absolute atomic E-state index is 14.0. The van der Waals surface area contributed by atoms with E-state index in [1.54, 1.807) is 17.0 Å². The summed E-state index contributed by atoms with van der Waals surface area (Å²) in [6.07, 6.45) is 5.79. The molecule has 1 aliphatic rings. The lowest BCUT2D eigenvalue weighted by Gasteiger charge is -2.18. The van der Waals surface area contributed by atoms with Crippen molar-refractivity contribution >= 4 is 16.8 Å². The summed E-state index contributed by atoms with van der Waals surface area (Å²) in [6.45, 7) is 6.21. The van der Waals surface area contributed by atoms with Crippen molar-refractivity contribution in [1.29, 1.82) is 0 Å². The van der Waals surface area contributed by atoms with Crippen LogP contribution in [0.5, 0.6) is 0 Å². The number of carbonyl (C=O) groups is 1. The Balaban J connectivity index is 1.57. The number of carbonyl (C=O) groups excluding carboxylic acids is 1. The number of halogens is 1. The molecule has 0 radical (unpaired) electrons. The molecule has 1 aromatic heterocycles. The van der Waals surface area contributed by atoms with Crippen molar-refractivity contribution < 1.29 is 14.1 Å². The molecule has 0 bridgehead atoms. The van der Waals surface area contributed by atoms with E-state index >= 15 is 0 Å². The summed E-state index contributed by atoms with van der Waals surface area (Å²) in [4.78, 5) is 17.8. The summed E-state index contributed by atoms with van der Waals surface area (Å²) in [5, 5.41) is 4.20. The molecule has 0 unspecified atom stereocenters. The Labute approximate surface area is 177 Å². The first-order valence-corrected chi connectivity index (χ1v) is 11.1. The summed E-state index contributed by atoms with van der Waals surface area (Å²) in [6, 6.07) is 12.9. The molecule has 4 nitrogen and oxygen atoms in total. The Hall–Kier alpha value is -2.66. The van der Waals surface area contributed by atoms with Gasteiger partial charge in [0.15, 0.2) is 0 Å². The molecular weight excluding hydrogens is 377 g/mol. The minimum atomic E-state index is -0.273. The number of aryl methyl sites for hydroxylation is 1. The first-order valence-electron chi connectivity index (χ1n) is 11.1. The number of rotatable bonds is 8. The van der Waals surface area contributed by atoms with E-state index in [1.165, 1.54) is 37.6 Å². The Bertz CT molecular complexity index is 1010. The van der Waals surface area contributed by atoms with E-state index < -0.39 is 0 Å². The second kappa shape index (κ2) is 9.43. The van der Waals surface area contributed by atoms with E-state index in [0.29, 0.717) is 13.0 Å². The summed E-state index contributed by atoms with van der Waals surface area (Å²) >= 11 is 0. The highest BCUT2D eigenvalue weighted by molar-refractivity contribution is 5.88. The predicted octanol–water partition coefficient (Wildman–Crippen LogP) is 3.19. The molecule has 1 aliphatic heterocycles. The molecule has 158 valence electrons. The molecule has 30 heavy (non-hydrogen) atoms. The minimum Gasteiger partial charge on any atom is -0.361 e. The van der Waals surface area contributed by atoms with Crippen molar-refractivity contribution in [3.05, 3.63) is 71.2 Å². The van der Waals surface area contributed by atoms with Crippen LogP contribution in [0.15, 0.2) is 48.7 Å². The molecule has 0 aliphatic carbocycles. The van der Waals surface area contributed by atoms with Crippen molar-refractivity contribution in [2.45, 2.75) is 38.5 Å². The molecule has 2 heterocycles. The molecule has 1 fully saturated rings. The van der Waals surface area contributed by atoms with Crippen LogP contribution in [0.25, 0.3) is 10.9 Å². The van der Waals surface area contributed by atoms with Crippen LogP contribution in [0.3, 0.4) is 0 Å². The zero-order valence-electron chi connectivity index (χ0n) is 17.6. The number of H-pyrrole nitrogens is 1. The Kier molecular flexibility index (Phi) is 6.48. The quantitative estimate of drug-likeness (QED) is 0.527. The fraction of sp³-hybridized carbons (Fsp3) is 0.400. The molecule has 3 aromatic rings. The normalized spacial score (nSPS) is 15.5. The third-order valence-corrected chi connectivity index (χ3v) is 6.34. The first kappa shape index (κ1) is 20.6. The third-order valence-electron chi connectivity index (χ3n) is 6.34. The van der Waals surface area contributed by atoms with Crippen molar-refractivity contribution in [3.8, 4) is 0 Å². The van der Waals surface area contributed by atoms with Crippen molar-refractivity contribution in [1.82, 2.24) is 10.3 Å². The van der Waals surface area contributed by atoms with Crippen LogP contribution in [0, 0.1) is 5.82 Å². The van der Waals surface area contributed by atoms with Gasteiger partial charge in [0.2, 0.25) is 5.91 Å². The van der Waals surface area contributed by atoms with E-state index in [4.69, 9.17) is 0 Å². The molecular formula is C25H31FN3O+. The number of benzene rings is 2. The summed E-state index contributed by atoms with van der Waals surface area (Å²) in [7, 11) is 0. The predicted molar refractivity (Wildman–Crippen MR) is 118 cm³/mol. The number of amides is 1. The van der Waals surface area contributed by atoms with E-state index in [1.807, 2.05) is 12.3 Å². The summed E-state index contributed by atoms with van der Waals surface area (Å²) in [5.41, 5.74) is 4.23. The highest BCUT2D eigenvalue weighted by atomic mass is 19.1. The molecule has 1 saturated heterocycles. The number of likely N-dealkylation sites (tertiary alicyclic amines) is 1. The van der Waals surface area contributed by atoms with E-state index in [9.17, 15) is 9.18 Å². The lowest BCUT2D eigenvalue weighted by Crippen LogP contribution is -3.10. The molecule has 2 aromatic carbocycles. The van der Waals surface area contributed by atoms with Gasteiger partial charge in [-0.15, -0.1) is 0 Å². The van der Waals surface area contributed by atoms with Crippen molar-refractivity contribution in [2.75, 3.05) is 26.2 Å². The van der Waals surface area contributed by atoms with E-state index in [0.717, 1.165) is 35.0 Å². The van der Waals surface area contributed by atoms with Gasteiger partial charge in [-0.3, -0.25) is 4.79 Å². The van der Waals surface area contributed by atoms with Crippen LogP contribution in [0.2, 0.25) is 0 Å². The van der Waals surface area contributed by atoms with Crippen LogP contribution in [0.4, 0.5) is 4.39 Å². The van der Waals surface area contributed by atoms with Crippen LogP contribution in [-0.4, -0.2) is 37.1 Å².